The molecule has 3 aromatic rings. The van der Waals surface area contributed by atoms with Crippen molar-refractivity contribution < 1.29 is 37.7 Å². The number of hydrogen-bond acceptors (Lipinski definition) is 6. The monoisotopic (exact) mass is 509 g/mol. The summed E-state index contributed by atoms with van der Waals surface area (Å²) in [6.07, 6.45) is 0. The predicted molar refractivity (Wildman–Crippen MR) is 133 cm³/mol. The van der Waals surface area contributed by atoms with Gasteiger partial charge in [0.1, 0.15) is 11.5 Å². The van der Waals surface area contributed by atoms with Gasteiger partial charge in [-0.05, 0) is 55.8 Å². The molecule has 0 spiro atoms. The molecule has 9 heteroatoms. The standard InChI is InChI=1S/C28H25F2NO6/c1-5-37-23-13-16(7-11-22(23)36-4)25-24(26(32)18-12-15(2)6-10-21(18)35-3)27(33)28(34)31(25)17-8-9-19(29)20(30)14-17/h6-14,25,32H,5H2,1-4H3/b26-24+. The number of carbonyl (C=O) groups is 2. The first-order chi connectivity index (χ1) is 17.7. The normalized spacial score (nSPS) is 16.7. The maximum Gasteiger partial charge on any atom is 0.300 e. The van der Waals surface area contributed by atoms with Crippen molar-refractivity contribution in [2.75, 3.05) is 25.7 Å². The van der Waals surface area contributed by atoms with Gasteiger partial charge in [0.2, 0.25) is 0 Å². The highest BCUT2D eigenvalue weighted by molar-refractivity contribution is 6.51. The van der Waals surface area contributed by atoms with E-state index in [2.05, 4.69) is 0 Å². The van der Waals surface area contributed by atoms with Gasteiger partial charge in [-0.25, -0.2) is 8.78 Å². The average Bonchev–Trinajstić information content (AvgIpc) is 3.15. The minimum absolute atomic E-state index is 0.0602. The summed E-state index contributed by atoms with van der Waals surface area (Å²) in [6.45, 7) is 3.89. The van der Waals surface area contributed by atoms with Gasteiger partial charge in [0, 0.05) is 11.8 Å². The van der Waals surface area contributed by atoms with E-state index in [1.165, 1.54) is 20.3 Å². The SMILES string of the molecule is CCOc1cc(C2/C(=C(\O)c3cc(C)ccc3OC)C(=O)C(=O)N2c2ccc(F)c(F)c2)ccc1OC. The highest BCUT2D eigenvalue weighted by atomic mass is 19.2. The fraction of sp³-hybridized carbons (Fsp3) is 0.214. The van der Waals surface area contributed by atoms with Crippen LogP contribution >= 0.6 is 0 Å². The highest BCUT2D eigenvalue weighted by Gasteiger charge is 2.47. The van der Waals surface area contributed by atoms with Gasteiger partial charge in [0.15, 0.2) is 23.1 Å². The third kappa shape index (κ3) is 4.60. The number of carbonyl (C=O) groups excluding carboxylic acids is 2. The van der Waals surface area contributed by atoms with Gasteiger partial charge >= 0.3 is 0 Å². The number of hydrogen-bond donors (Lipinski definition) is 1. The number of rotatable bonds is 7. The zero-order chi connectivity index (χ0) is 26.9. The number of Topliss-reactive ketones (excluding diaryl/α,β-unsaturated/α-hetero) is 1. The van der Waals surface area contributed by atoms with E-state index in [4.69, 9.17) is 14.2 Å². The average molecular weight is 510 g/mol. The van der Waals surface area contributed by atoms with E-state index >= 15 is 0 Å². The Kier molecular flexibility index (Phi) is 7.15. The molecule has 0 aromatic heterocycles. The van der Waals surface area contributed by atoms with Crippen LogP contribution in [-0.4, -0.2) is 37.6 Å². The summed E-state index contributed by atoms with van der Waals surface area (Å²) in [4.78, 5) is 27.7. The van der Waals surface area contributed by atoms with Gasteiger partial charge in [-0.2, -0.15) is 0 Å². The van der Waals surface area contributed by atoms with Crippen LogP contribution in [0.1, 0.15) is 29.7 Å². The molecule has 0 aliphatic carbocycles. The third-order valence-electron chi connectivity index (χ3n) is 6.04. The van der Waals surface area contributed by atoms with E-state index in [0.29, 0.717) is 23.7 Å². The van der Waals surface area contributed by atoms with Crippen molar-refractivity contribution in [3.63, 3.8) is 0 Å². The van der Waals surface area contributed by atoms with Crippen molar-refractivity contribution in [2.24, 2.45) is 0 Å². The second-order valence-electron chi connectivity index (χ2n) is 8.31. The minimum Gasteiger partial charge on any atom is -0.507 e. The lowest BCUT2D eigenvalue weighted by Gasteiger charge is -2.26. The van der Waals surface area contributed by atoms with Gasteiger partial charge < -0.3 is 19.3 Å². The smallest absolute Gasteiger partial charge is 0.300 e. The van der Waals surface area contributed by atoms with E-state index < -0.39 is 35.1 Å². The molecule has 1 unspecified atom stereocenters. The Morgan fingerprint density at radius 2 is 1.62 bits per heavy atom. The number of ether oxygens (including phenoxy) is 3. The fourth-order valence-electron chi connectivity index (χ4n) is 4.33. The summed E-state index contributed by atoms with van der Waals surface area (Å²) in [5.74, 6) is -3.74. The van der Waals surface area contributed by atoms with E-state index in [1.54, 1.807) is 50.2 Å². The van der Waals surface area contributed by atoms with Gasteiger partial charge in [0.05, 0.1) is 38.0 Å². The lowest BCUT2D eigenvalue weighted by atomic mass is 9.94. The number of amides is 1. The van der Waals surface area contributed by atoms with Gasteiger partial charge in [0.25, 0.3) is 11.7 Å². The summed E-state index contributed by atoms with van der Waals surface area (Å²) >= 11 is 0. The van der Waals surface area contributed by atoms with E-state index in [9.17, 15) is 23.5 Å². The van der Waals surface area contributed by atoms with Gasteiger partial charge in [-0.1, -0.05) is 17.7 Å². The Bertz CT molecular complexity index is 1420. The predicted octanol–water partition coefficient (Wildman–Crippen LogP) is 5.32. The Morgan fingerprint density at radius 1 is 0.919 bits per heavy atom. The molecule has 7 nitrogen and oxygen atoms in total. The number of ketones is 1. The van der Waals surface area contributed by atoms with Crippen molar-refractivity contribution in [3.05, 3.63) is 88.5 Å². The van der Waals surface area contributed by atoms with E-state index in [-0.39, 0.29) is 22.6 Å². The molecule has 1 atom stereocenters. The highest BCUT2D eigenvalue weighted by Crippen LogP contribution is 2.45. The van der Waals surface area contributed by atoms with Crippen LogP contribution in [0.4, 0.5) is 14.5 Å². The molecule has 1 aliphatic heterocycles. The molecule has 192 valence electrons. The van der Waals surface area contributed by atoms with E-state index in [1.807, 2.05) is 0 Å². The van der Waals surface area contributed by atoms with Crippen LogP contribution in [-0.2, 0) is 9.59 Å². The second kappa shape index (κ2) is 10.3. The lowest BCUT2D eigenvalue weighted by molar-refractivity contribution is -0.132. The molecule has 3 aromatic carbocycles. The molecule has 1 aliphatic rings. The molecular weight excluding hydrogens is 484 g/mol. The molecule has 0 saturated carbocycles. The Morgan fingerprint density at radius 3 is 2.27 bits per heavy atom. The topological polar surface area (TPSA) is 85.3 Å². The summed E-state index contributed by atoms with van der Waals surface area (Å²) in [5, 5.41) is 11.4. The Labute approximate surface area is 212 Å². The third-order valence-corrected chi connectivity index (χ3v) is 6.04. The quantitative estimate of drug-likeness (QED) is 0.264. The number of methoxy groups -OCH3 is 2. The maximum absolute atomic E-state index is 14.2. The number of aliphatic hydroxyl groups excluding tert-OH is 1. The Hall–Kier alpha value is -4.40. The van der Waals surface area contributed by atoms with Crippen LogP contribution in [0.5, 0.6) is 17.2 Å². The van der Waals surface area contributed by atoms with Crippen LogP contribution in [0.25, 0.3) is 5.76 Å². The van der Waals surface area contributed by atoms with Crippen molar-refractivity contribution >= 4 is 23.1 Å². The molecule has 1 heterocycles. The molecule has 0 bridgehead atoms. The first-order valence-electron chi connectivity index (χ1n) is 11.4. The van der Waals surface area contributed by atoms with Crippen LogP contribution in [0.2, 0.25) is 0 Å². The molecule has 4 rings (SSSR count). The summed E-state index contributed by atoms with van der Waals surface area (Å²) in [7, 11) is 2.88. The van der Waals surface area contributed by atoms with Crippen molar-refractivity contribution in [2.45, 2.75) is 19.9 Å². The molecule has 37 heavy (non-hydrogen) atoms. The van der Waals surface area contributed by atoms with Crippen molar-refractivity contribution in [1.82, 2.24) is 0 Å². The fourth-order valence-corrected chi connectivity index (χ4v) is 4.33. The number of anilines is 1. The van der Waals surface area contributed by atoms with Crippen molar-refractivity contribution in [1.29, 1.82) is 0 Å². The summed E-state index contributed by atoms with van der Waals surface area (Å²) in [6, 6.07) is 11.5. The molecular formula is C28H25F2NO6. The van der Waals surface area contributed by atoms with Gasteiger partial charge in [-0.15, -0.1) is 0 Å². The number of halogens is 2. The second-order valence-corrected chi connectivity index (χ2v) is 8.31. The van der Waals surface area contributed by atoms with Gasteiger partial charge in [-0.3, -0.25) is 14.5 Å². The first-order valence-corrected chi connectivity index (χ1v) is 11.4. The number of aliphatic hydroxyl groups is 1. The van der Waals surface area contributed by atoms with Crippen LogP contribution in [0, 0.1) is 18.6 Å². The van der Waals surface area contributed by atoms with Crippen molar-refractivity contribution in [3.8, 4) is 17.2 Å². The van der Waals surface area contributed by atoms with Crippen LogP contribution in [0.3, 0.4) is 0 Å². The van der Waals surface area contributed by atoms with Crippen LogP contribution in [0.15, 0.2) is 60.2 Å². The van der Waals surface area contributed by atoms with E-state index in [0.717, 1.165) is 22.6 Å². The lowest BCUT2D eigenvalue weighted by Crippen LogP contribution is -2.29. The first kappa shape index (κ1) is 25.7. The maximum atomic E-state index is 14.2. The summed E-state index contributed by atoms with van der Waals surface area (Å²) < 4.78 is 44.3. The molecule has 1 N–H and O–H groups in total. The number of benzene rings is 3. The molecule has 1 fully saturated rings. The number of nitrogens with zero attached hydrogens (tertiary/aromatic N) is 1. The molecule has 1 saturated heterocycles. The summed E-state index contributed by atoms with van der Waals surface area (Å²) in [5.41, 5.74) is 1.05. The molecule has 0 radical (unpaired) electrons. The largest absolute Gasteiger partial charge is 0.507 e. The zero-order valence-electron chi connectivity index (χ0n) is 20.7. The number of aryl methyl sites for hydroxylation is 1. The molecule has 1 amide bonds. The minimum atomic E-state index is -1.19. The zero-order valence-corrected chi connectivity index (χ0v) is 20.7. The Balaban J connectivity index is 2.01. The van der Waals surface area contributed by atoms with Crippen LogP contribution < -0.4 is 19.1 Å².